The molecule has 0 N–H and O–H groups in total. The second kappa shape index (κ2) is 9.17. The van der Waals surface area contributed by atoms with Crippen LogP contribution in [0.2, 0.25) is 0 Å². The topological polar surface area (TPSA) is 53.1 Å². The Labute approximate surface area is 190 Å². The molecule has 0 radical (unpaired) electrons. The van der Waals surface area contributed by atoms with Crippen LogP contribution >= 0.6 is 0 Å². The fraction of sp³-hybridized carbons (Fsp3) is 0.385. The highest BCUT2D eigenvalue weighted by Crippen LogP contribution is 2.36. The van der Waals surface area contributed by atoms with E-state index in [1.807, 2.05) is 74.3 Å². The van der Waals surface area contributed by atoms with E-state index < -0.39 is 0 Å². The van der Waals surface area contributed by atoms with Crippen LogP contribution in [0, 0.1) is 6.92 Å². The Morgan fingerprint density at radius 2 is 1.59 bits per heavy atom. The molecule has 0 atom stereocenters. The molecule has 0 aliphatic carbocycles. The minimum Gasteiger partial charge on any atom is -0.494 e. The molecule has 2 heterocycles. The zero-order chi connectivity index (χ0) is 22.8. The van der Waals surface area contributed by atoms with Crippen LogP contribution in [0.3, 0.4) is 0 Å². The lowest BCUT2D eigenvalue weighted by Crippen LogP contribution is -2.43. The monoisotopic (exact) mass is 433 g/mol. The highest BCUT2D eigenvalue weighted by molar-refractivity contribution is 6.45. The maximum atomic E-state index is 13.7. The van der Waals surface area contributed by atoms with Gasteiger partial charge in [-0.05, 0) is 76.7 Å². The number of anilines is 1. The molecule has 2 aromatic carbocycles. The number of nitrogens with zero attached hydrogens (tertiary/aromatic N) is 3. The minimum atomic E-state index is -0.280. The lowest BCUT2D eigenvalue weighted by Gasteiger charge is -2.36. The van der Waals surface area contributed by atoms with Crippen LogP contribution < -0.4 is 9.64 Å². The largest absolute Gasteiger partial charge is 0.494 e. The highest BCUT2D eigenvalue weighted by Gasteiger charge is 2.43. The van der Waals surface area contributed by atoms with Gasteiger partial charge in [-0.15, -0.1) is 0 Å². The quantitative estimate of drug-likeness (QED) is 0.650. The first-order valence-corrected chi connectivity index (χ1v) is 11.2. The van der Waals surface area contributed by atoms with E-state index in [1.165, 1.54) is 4.90 Å². The molecule has 1 saturated heterocycles. The van der Waals surface area contributed by atoms with Crippen molar-refractivity contribution in [3.8, 4) is 5.75 Å². The third kappa shape index (κ3) is 4.15. The van der Waals surface area contributed by atoms with E-state index >= 15 is 0 Å². The summed E-state index contributed by atoms with van der Waals surface area (Å²) in [4.78, 5) is 33.0. The highest BCUT2D eigenvalue weighted by atomic mass is 16.5. The summed E-state index contributed by atoms with van der Waals surface area (Å²) in [5.41, 5.74) is 3.35. The Kier molecular flexibility index (Phi) is 6.33. The van der Waals surface area contributed by atoms with Crippen LogP contribution in [-0.4, -0.2) is 61.4 Å². The lowest BCUT2D eigenvalue weighted by molar-refractivity contribution is -0.120. The maximum Gasteiger partial charge on any atom is 0.282 e. The molecule has 4 rings (SSSR count). The van der Waals surface area contributed by atoms with Crippen molar-refractivity contribution in [2.24, 2.45) is 0 Å². The van der Waals surface area contributed by atoms with Crippen LogP contribution in [0.4, 0.5) is 5.69 Å². The first-order chi connectivity index (χ1) is 15.4. The molecule has 6 nitrogen and oxygen atoms in total. The van der Waals surface area contributed by atoms with E-state index in [1.54, 1.807) is 0 Å². The van der Waals surface area contributed by atoms with E-state index in [0.717, 1.165) is 42.8 Å². The number of piperidine rings is 1. The number of likely N-dealkylation sites (tertiary alicyclic amines) is 1. The Balaban J connectivity index is 1.75. The van der Waals surface area contributed by atoms with Gasteiger partial charge >= 0.3 is 0 Å². The molecule has 0 spiro atoms. The Morgan fingerprint density at radius 1 is 0.969 bits per heavy atom. The zero-order valence-electron chi connectivity index (χ0n) is 19.3. The van der Waals surface area contributed by atoms with Gasteiger partial charge in [0.2, 0.25) is 0 Å². The minimum absolute atomic E-state index is 0.216. The van der Waals surface area contributed by atoms with E-state index in [4.69, 9.17) is 4.74 Å². The first-order valence-electron chi connectivity index (χ1n) is 11.2. The van der Waals surface area contributed by atoms with E-state index in [-0.39, 0.29) is 17.9 Å². The van der Waals surface area contributed by atoms with Crippen molar-refractivity contribution in [3.05, 3.63) is 65.4 Å². The number of imide groups is 1. The van der Waals surface area contributed by atoms with Crippen molar-refractivity contribution in [1.29, 1.82) is 0 Å². The molecule has 2 amide bonds. The second-order valence-electron chi connectivity index (χ2n) is 8.61. The third-order valence-electron chi connectivity index (χ3n) is 6.39. The number of aryl methyl sites for hydroxylation is 1. The van der Waals surface area contributed by atoms with Crippen molar-refractivity contribution in [2.75, 3.05) is 38.7 Å². The molecule has 2 aromatic rings. The van der Waals surface area contributed by atoms with Gasteiger partial charge in [-0.3, -0.25) is 9.59 Å². The van der Waals surface area contributed by atoms with Crippen molar-refractivity contribution in [3.63, 3.8) is 0 Å². The number of likely N-dealkylation sites (N-methyl/N-ethyl adjacent to an activating group) is 1. The Morgan fingerprint density at radius 3 is 2.19 bits per heavy atom. The fourth-order valence-corrected chi connectivity index (χ4v) is 4.48. The molecule has 0 bridgehead atoms. The maximum absolute atomic E-state index is 13.7. The average Bonchev–Trinajstić information content (AvgIpc) is 3.05. The summed E-state index contributed by atoms with van der Waals surface area (Å²) in [5, 5.41) is 0. The molecular formula is C26H31N3O3. The number of rotatable bonds is 6. The summed E-state index contributed by atoms with van der Waals surface area (Å²) < 4.78 is 5.56. The van der Waals surface area contributed by atoms with Crippen LogP contribution in [0.15, 0.2) is 54.2 Å². The standard InChI is InChI=1S/C26H31N3O3/c1-5-32-22-12-8-19(9-13-22)23-24(28(4)20-14-16-27(3)17-15-20)26(31)29(25(23)30)21-10-6-18(2)7-11-21/h6-13,20H,5,14-17H2,1-4H3. The van der Waals surface area contributed by atoms with Gasteiger partial charge in [-0.2, -0.15) is 0 Å². The Bertz CT molecular complexity index is 1020. The van der Waals surface area contributed by atoms with Crippen molar-refractivity contribution in [2.45, 2.75) is 32.7 Å². The summed E-state index contributed by atoms with van der Waals surface area (Å²) in [7, 11) is 4.06. The van der Waals surface area contributed by atoms with Crippen LogP contribution in [-0.2, 0) is 9.59 Å². The summed E-state index contributed by atoms with van der Waals surface area (Å²) in [6, 6.07) is 15.2. The number of carbonyl (C=O) groups excluding carboxylic acids is 2. The van der Waals surface area contributed by atoms with Gasteiger partial charge in [0.05, 0.1) is 17.9 Å². The van der Waals surface area contributed by atoms with Gasteiger partial charge in [0.1, 0.15) is 11.4 Å². The molecule has 1 fully saturated rings. The molecule has 32 heavy (non-hydrogen) atoms. The molecule has 0 aromatic heterocycles. The smallest absolute Gasteiger partial charge is 0.282 e. The summed E-state index contributed by atoms with van der Waals surface area (Å²) in [6.45, 7) is 6.45. The molecule has 0 unspecified atom stereocenters. The Hall–Kier alpha value is -3.12. The predicted octanol–water partition coefficient (Wildman–Crippen LogP) is 3.70. The predicted molar refractivity (Wildman–Crippen MR) is 126 cm³/mol. The molecule has 168 valence electrons. The number of ether oxygens (including phenoxy) is 1. The SMILES string of the molecule is CCOc1ccc(C2=C(N(C)C3CCN(C)CC3)C(=O)N(c3ccc(C)cc3)C2=O)cc1. The number of hydrogen-bond donors (Lipinski definition) is 0. The van der Waals surface area contributed by atoms with E-state index in [0.29, 0.717) is 23.6 Å². The van der Waals surface area contributed by atoms with E-state index in [9.17, 15) is 9.59 Å². The third-order valence-corrected chi connectivity index (χ3v) is 6.39. The van der Waals surface area contributed by atoms with Gasteiger partial charge in [-0.25, -0.2) is 4.90 Å². The van der Waals surface area contributed by atoms with Crippen molar-refractivity contribution in [1.82, 2.24) is 9.80 Å². The van der Waals surface area contributed by atoms with Gasteiger partial charge < -0.3 is 14.5 Å². The molecule has 0 saturated carbocycles. The molecular weight excluding hydrogens is 402 g/mol. The number of benzene rings is 2. The second-order valence-corrected chi connectivity index (χ2v) is 8.61. The molecule has 2 aliphatic rings. The van der Waals surface area contributed by atoms with E-state index in [2.05, 4.69) is 11.9 Å². The first kappa shape index (κ1) is 22.1. The summed E-state index contributed by atoms with van der Waals surface area (Å²) >= 11 is 0. The zero-order valence-corrected chi connectivity index (χ0v) is 19.3. The number of amides is 2. The summed E-state index contributed by atoms with van der Waals surface area (Å²) in [6.07, 6.45) is 1.91. The fourth-order valence-electron chi connectivity index (χ4n) is 4.48. The van der Waals surface area contributed by atoms with Crippen LogP contribution in [0.5, 0.6) is 5.75 Å². The van der Waals surface area contributed by atoms with Crippen molar-refractivity contribution >= 4 is 23.1 Å². The molecule has 2 aliphatic heterocycles. The van der Waals surface area contributed by atoms with Gasteiger partial charge in [0.25, 0.3) is 11.8 Å². The number of hydrogen-bond acceptors (Lipinski definition) is 5. The average molecular weight is 434 g/mol. The number of carbonyl (C=O) groups is 2. The van der Waals surface area contributed by atoms with Gasteiger partial charge in [-0.1, -0.05) is 29.8 Å². The van der Waals surface area contributed by atoms with Crippen LogP contribution in [0.25, 0.3) is 5.57 Å². The van der Waals surface area contributed by atoms with Gasteiger partial charge in [0, 0.05) is 13.1 Å². The van der Waals surface area contributed by atoms with Crippen LogP contribution in [0.1, 0.15) is 30.9 Å². The normalized spacial score (nSPS) is 17.9. The summed E-state index contributed by atoms with van der Waals surface area (Å²) in [5.74, 6) is 0.205. The van der Waals surface area contributed by atoms with Crippen molar-refractivity contribution < 1.29 is 14.3 Å². The van der Waals surface area contributed by atoms with Gasteiger partial charge in [0.15, 0.2) is 0 Å². The molecule has 6 heteroatoms. The lowest BCUT2D eigenvalue weighted by atomic mass is 10.00.